The number of carbonyl (C=O) groups excluding carboxylic acids is 1. The molecule has 0 bridgehead atoms. The molecule has 0 aliphatic carbocycles. The minimum atomic E-state index is -0.380. The third-order valence-electron chi connectivity index (χ3n) is 6.65. The lowest BCUT2D eigenvalue weighted by Gasteiger charge is -2.20. The molecule has 1 aliphatic heterocycles. The highest BCUT2D eigenvalue weighted by Crippen LogP contribution is 2.31. The van der Waals surface area contributed by atoms with Crippen molar-refractivity contribution >= 4 is 17.8 Å². The highest BCUT2D eigenvalue weighted by molar-refractivity contribution is 6.06. The van der Waals surface area contributed by atoms with Crippen molar-refractivity contribution in [2.45, 2.75) is 33.3 Å². The van der Waals surface area contributed by atoms with Crippen molar-refractivity contribution in [2.75, 3.05) is 25.6 Å². The molecule has 0 spiro atoms. The zero-order chi connectivity index (χ0) is 29.0. The number of anilines is 1. The number of para-hydroxylation sites is 1. The van der Waals surface area contributed by atoms with Crippen LogP contribution in [0.25, 0.3) is 0 Å². The molecule has 1 heterocycles. The summed E-state index contributed by atoms with van der Waals surface area (Å²) in [7, 11) is 1.74. The molecule has 0 atom stereocenters. The van der Waals surface area contributed by atoms with Gasteiger partial charge in [0, 0.05) is 12.8 Å². The number of carbonyl (C=O) groups is 1. The average molecular weight is 548 g/mol. The van der Waals surface area contributed by atoms with Crippen LogP contribution in [0.2, 0.25) is 0 Å². The fourth-order valence-electron chi connectivity index (χ4n) is 4.64. The predicted molar refractivity (Wildman–Crippen MR) is 166 cm³/mol. The Kier molecular flexibility index (Phi) is 10.6. The maximum atomic E-state index is 13.1. The Morgan fingerprint density at radius 1 is 0.805 bits per heavy atom. The van der Waals surface area contributed by atoms with E-state index in [0.29, 0.717) is 5.76 Å². The van der Waals surface area contributed by atoms with Gasteiger partial charge in [-0.3, -0.25) is 4.79 Å². The van der Waals surface area contributed by atoms with E-state index in [2.05, 4.69) is 37.4 Å². The second-order valence-corrected chi connectivity index (χ2v) is 10.0. The number of aryl methyl sites for hydroxylation is 2. The molecule has 1 aliphatic rings. The Balaban J connectivity index is 0.000000271. The molecular weight excluding hydrogens is 508 g/mol. The summed E-state index contributed by atoms with van der Waals surface area (Å²) in [5.41, 5.74) is 7.58. The van der Waals surface area contributed by atoms with Gasteiger partial charge < -0.3 is 14.8 Å². The van der Waals surface area contributed by atoms with E-state index in [4.69, 9.17) is 9.47 Å². The van der Waals surface area contributed by atoms with Crippen LogP contribution in [0.3, 0.4) is 0 Å². The molecule has 41 heavy (non-hydrogen) atoms. The van der Waals surface area contributed by atoms with Gasteiger partial charge in [0.25, 0.3) is 11.7 Å². The lowest BCUT2D eigenvalue weighted by Crippen LogP contribution is -2.20. The summed E-state index contributed by atoms with van der Waals surface area (Å²) in [6, 6.07) is 36.0. The van der Waals surface area contributed by atoms with Crippen LogP contribution < -0.4 is 5.32 Å². The summed E-state index contributed by atoms with van der Waals surface area (Å²) < 4.78 is 13.4. The van der Waals surface area contributed by atoms with Gasteiger partial charge in [0.1, 0.15) is 12.6 Å². The Morgan fingerprint density at radius 3 is 1.83 bits per heavy atom. The van der Waals surface area contributed by atoms with Gasteiger partial charge in [0.05, 0.1) is 6.61 Å². The number of benzene rings is 4. The fraction of sp³-hybridized carbons (Fsp3) is 0.222. The first-order valence-electron chi connectivity index (χ1n) is 14.0. The van der Waals surface area contributed by atoms with E-state index in [1.165, 1.54) is 16.7 Å². The van der Waals surface area contributed by atoms with Crippen molar-refractivity contribution in [3.8, 4) is 0 Å². The minimum Gasteiger partial charge on any atom is -0.470 e. The van der Waals surface area contributed by atoms with Crippen molar-refractivity contribution in [3.05, 3.63) is 148 Å². The number of allylic oxidation sites excluding steroid dienone is 1. The molecular formula is C36H39N2O3+. The molecule has 0 radical (unpaired) electrons. The second kappa shape index (κ2) is 14.8. The first-order valence-corrected chi connectivity index (χ1v) is 14.0. The Bertz CT molecular complexity index is 1420. The van der Waals surface area contributed by atoms with Crippen LogP contribution in [0.5, 0.6) is 0 Å². The summed E-state index contributed by atoms with van der Waals surface area (Å²) in [4.78, 5) is 13.1. The van der Waals surface area contributed by atoms with Crippen LogP contribution >= 0.6 is 0 Å². The molecule has 1 N–H and O–H groups in total. The lowest BCUT2D eigenvalue weighted by atomic mass is 10.0. The maximum Gasteiger partial charge on any atom is 0.317 e. The SMILES string of the molecule is CC[N+]1=CC/1=C(/OC(c1ccccc1)c1ccccc1)C(=O)Nc1ccccc1.COCCc1cc(C)cc(C)c1. The van der Waals surface area contributed by atoms with Gasteiger partial charge in [-0.25, -0.2) is 0 Å². The number of methoxy groups -OCH3 is 1. The zero-order valence-corrected chi connectivity index (χ0v) is 24.3. The molecule has 0 saturated heterocycles. The Morgan fingerprint density at radius 2 is 1.34 bits per heavy atom. The topological polar surface area (TPSA) is 50.6 Å². The smallest absolute Gasteiger partial charge is 0.317 e. The van der Waals surface area contributed by atoms with Crippen molar-refractivity contribution in [3.63, 3.8) is 0 Å². The molecule has 5 nitrogen and oxygen atoms in total. The van der Waals surface area contributed by atoms with E-state index in [1.54, 1.807) is 7.11 Å². The van der Waals surface area contributed by atoms with E-state index in [1.807, 2.05) is 109 Å². The largest absolute Gasteiger partial charge is 0.470 e. The molecule has 4 aromatic carbocycles. The monoisotopic (exact) mass is 547 g/mol. The van der Waals surface area contributed by atoms with Crippen molar-refractivity contribution in [1.29, 1.82) is 0 Å². The molecule has 4 aromatic rings. The molecule has 210 valence electrons. The van der Waals surface area contributed by atoms with Gasteiger partial charge >= 0.3 is 5.70 Å². The molecule has 0 unspecified atom stereocenters. The Labute approximate surface area is 243 Å². The van der Waals surface area contributed by atoms with Crippen LogP contribution in [-0.4, -0.2) is 37.0 Å². The maximum absolute atomic E-state index is 13.1. The van der Waals surface area contributed by atoms with Gasteiger partial charge in [-0.15, -0.1) is 0 Å². The van der Waals surface area contributed by atoms with Crippen LogP contribution in [0, 0.1) is 13.8 Å². The van der Waals surface area contributed by atoms with Gasteiger partial charge in [0.15, 0.2) is 0 Å². The van der Waals surface area contributed by atoms with E-state index in [9.17, 15) is 4.79 Å². The average Bonchev–Trinajstić information content (AvgIpc) is 3.77. The quantitative estimate of drug-likeness (QED) is 0.129. The van der Waals surface area contributed by atoms with Crippen LogP contribution in [0.15, 0.2) is 121 Å². The lowest BCUT2D eigenvalue weighted by molar-refractivity contribution is -0.401. The summed E-state index contributed by atoms with van der Waals surface area (Å²) in [6.45, 7) is 7.90. The number of amides is 1. The molecule has 0 aromatic heterocycles. The van der Waals surface area contributed by atoms with Gasteiger partial charge in [-0.2, -0.15) is 4.58 Å². The van der Waals surface area contributed by atoms with E-state index >= 15 is 0 Å². The molecule has 0 saturated carbocycles. The number of rotatable bonds is 10. The normalized spacial score (nSPS) is 13.0. The Hall–Kier alpha value is -4.48. The first kappa shape index (κ1) is 29.5. The second-order valence-electron chi connectivity index (χ2n) is 10.0. The number of hydrogen-bond acceptors (Lipinski definition) is 3. The number of nitrogens with zero attached hydrogens (tertiary/aromatic N) is 1. The molecule has 5 rings (SSSR count). The zero-order valence-electron chi connectivity index (χ0n) is 24.3. The predicted octanol–water partition coefficient (Wildman–Crippen LogP) is 7.25. The summed E-state index contributed by atoms with van der Waals surface area (Å²) in [5.74, 6) is 0.0728. The third-order valence-corrected chi connectivity index (χ3v) is 6.65. The number of ether oxygens (including phenoxy) is 2. The standard InChI is InChI=1S/C25H22N2O2.C11H16O/c1-2-27-18-22(27)24(25(28)26-21-16-10-5-11-17-21)29-23(19-12-6-3-7-13-19)20-14-8-4-9-15-20;1-9-6-10(2)8-11(7-9)4-5-12-3/h3-18,23H,2H2,1H3;6-8H,4-5H2,1-3H3/p+1/b24-22-;. The molecule has 0 fully saturated rings. The van der Waals surface area contributed by atoms with Gasteiger partial charge in [-0.1, -0.05) is 108 Å². The molecule has 1 amide bonds. The van der Waals surface area contributed by atoms with E-state index in [0.717, 1.165) is 42.1 Å². The fourth-order valence-corrected chi connectivity index (χ4v) is 4.64. The third kappa shape index (κ3) is 8.75. The van der Waals surface area contributed by atoms with Crippen molar-refractivity contribution in [1.82, 2.24) is 0 Å². The van der Waals surface area contributed by atoms with Crippen LogP contribution in [-0.2, 0) is 20.7 Å². The molecule has 5 heteroatoms. The van der Waals surface area contributed by atoms with Crippen molar-refractivity contribution in [2.24, 2.45) is 0 Å². The van der Waals surface area contributed by atoms with Crippen molar-refractivity contribution < 1.29 is 18.8 Å². The van der Waals surface area contributed by atoms with Crippen LogP contribution in [0.4, 0.5) is 5.69 Å². The van der Waals surface area contributed by atoms with Gasteiger partial charge in [0.2, 0.25) is 6.21 Å². The highest BCUT2D eigenvalue weighted by atomic mass is 16.5. The number of nitrogens with one attached hydrogen (secondary N) is 1. The summed E-state index contributed by atoms with van der Waals surface area (Å²) in [6.07, 6.45) is 2.57. The number of hydrogen-bond donors (Lipinski definition) is 1. The summed E-state index contributed by atoms with van der Waals surface area (Å²) in [5, 5.41) is 2.95. The van der Waals surface area contributed by atoms with E-state index < -0.39 is 0 Å². The van der Waals surface area contributed by atoms with Crippen LogP contribution in [0.1, 0.15) is 40.8 Å². The highest BCUT2D eigenvalue weighted by Gasteiger charge is 2.38. The minimum absolute atomic E-state index is 0.254. The summed E-state index contributed by atoms with van der Waals surface area (Å²) >= 11 is 0. The van der Waals surface area contributed by atoms with Gasteiger partial charge in [-0.05, 0) is 56.0 Å². The van der Waals surface area contributed by atoms with E-state index in [-0.39, 0.29) is 12.0 Å². The first-order chi connectivity index (χ1) is 20.0.